The molecule has 1 aliphatic carbocycles. The first-order valence-electron chi connectivity index (χ1n) is 9.27. The van der Waals surface area contributed by atoms with Crippen molar-refractivity contribution in [3.63, 3.8) is 0 Å². The Morgan fingerprint density at radius 2 is 1.74 bits per heavy atom. The average Bonchev–Trinajstić information content (AvgIpc) is 2.56. The van der Waals surface area contributed by atoms with E-state index in [1.165, 1.54) is 50.8 Å². The molecule has 128 valence electrons. The molecule has 1 aromatic carbocycles. The summed E-state index contributed by atoms with van der Waals surface area (Å²) in [4.78, 5) is 2.58. The van der Waals surface area contributed by atoms with Crippen LogP contribution in [-0.2, 0) is 0 Å². The number of benzene rings is 1. The monoisotopic (exact) mass is 379 g/mol. The summed E-state index contributed by atoms with van der Waals surface area (Å²) in [6, 6.07) is 8.64. The van der Waals surface area contributed by atoms with Gasteiger partial charge in [-0.15, -0.1) is 0 Å². The molecule has 1 aliphatic heterocycles. The normalized spacial score (nSPS) is 24.5. The van der Waals surface area contributed by atoms with E-state index in [1.807, 2.05) is 0 Å². The number of hydrogen-bond acceptors (Lipinski definition) is 2. The Labute approximate surface area is 149 Å². The van der Waals surface area contributed by atoms with Crippen molar-refractivity contribution in [3.05, 3.63) is 34.3 Å². The molecule has 1 saturated heterocycles. The largest absolute Gasteiger partial charge is 0.389 e. The number of aliphatic hydroxyl groups is 1. The van der Waals surface area contributed by atoms with E-state index in [0.29, 0.717) is 0 Å². The van der Waals surface area contributed by atoms with Crippen LogP contribution < -0.4 is 0 Å². The van der Waals surface area contributed by atoms with Crippen molar-refractivity contribution in [1.29, 1.82) is 0 Å². The third kappa shape index (κ3) is 4.37. The topological polar surface area (TPSA) is 23.5 Å². The smallest absolute Gasteiger partial charge is 0.0728 e. The summed E-state index contributed by atoms with van der Waals surface area (Å²) in [5.41, 5.74) is 0.783. The summed E-state index contributed by atoms with van der Waals surface area (Å²) in [6.45, 7) is 5.73. The standard InChI is InChI=1S/C20H30BrNO/c1-16-9-13-22(14-10-16)15-19(17-5-7-18(21)8-6-17)20(23)11-3-2-4-12-20/h5-8,16,19,23H,2-4,9-15H2,1H3. The van der Waals surface area contributed by atoms with Crippen molar-refractivity contribution in [2.45, 2.75) is 63.4 Å². The molecular weight excluding hydrogens is 350 g/mol. The van der Waals surface area contributed by atoms with Gasteiger partial charge in [0, 0.05) is 16.9 Å². The van der Waals surface area contributed by atoms with Gasteiger partial charge in [0.05, 0.1) is 5.60 Å². The van der Waals surface area contributed by atoms with Gasteiger partial charge in [0.15, 0.2) is 0 Å². The Kier molecular flexibility index (Phi) is 5.82. The van der Waals surface area contributed by atoms with Crippen molar-refractivity contribution < 1.29 is 5.11 Å². The van der Waals surface area contributed by atoms with E-state index in [4.69, 9.17) is 0 Å². The van der Waals surface area contributed by atoms with Crippen LogP contribution in [0.1, 0.15) is 63.4 Å². The summed E-state index contributed by atoms with van der Waals surface area (Å²) < 4.78 is 1.11. The minimum Gasteiger partial charge on any atom is -0.389 e. The van der Waals surface area contributed by atoms with Crippen LogP contribution in [0.25, 0.3) is 0 Å². The van der Waals surface area contributed by atoms with Crippen molar-refractivity contribution in [1.82, 2.24) is 4.90 Å². The first-order valence-corrected chi connectivity index (χ1v) is 10.1. The fraction of sp³-hybridized carbons (Fsp3) is 0.700. The molecule has 2 nitrogen and oxygen atoms in total. The van der Waals surface area contributed by atoms with Crippen molar-refractivity contribution in [2.24, 2.45) is 5.92 Å². The third-order valence-corrected chi connectivity index (χ3v) is 6.49. The summed E-state index contributed by atoms with van der Waals surface area (Å²) in [7, 11) is 0. The predicted molar refractivity (Wildman–Crippen MR) is 99.8 cm³/mol. The molecule has 3 rings (SSSR count). The maximum absolute atomic E-state index is 11.4. The van der Waals surface area contributed by atoms with Crippen LogP contribution in [0.15, 0.2) is 28.7 Å². The second-order valence-electron chi connectivity index (χ2n) is 7.75. The maximum Gasteiger partial charge on any atom is 0.0728 e. The van der Waals surface area contributed by atoms with Gasteiger partial charge in [0.25, 0.3) is 0 Å². The minimum absolute atomic E-state index is 0.240. The van der Waals surface area contributed by atoms with E-state index >= 15 is 0 Å². The van der Waals surface area contributed by atoms with Gasteiger partial charge in [-0.3, -0.25) is 0 Å². The van der Waals surface area contributed by atoms with Crippen LogP contribution in [0.5, 0.6) is 0 Å². The van der Waals surface area contributed by atoms with Crippen molar-refractivity contribution in [3.8, 4) is 0 Å². The molecule has 0 radical (unpaired) electrons. The van der Waals surface area contributed by atoms with Crippen molar-refractivity contribution in [2.75, 3.05) is 19.6 Å². The molecule has 0 bridgehead atoms. The van der Waals surface area contributed by atoms with Gasteiger partial charge >= 0.3 is 0 Å². The Hall–Kier alpha value is -0.380. The SMILES string of the molecule is CC1CCN(CC(c2ccc(Br)cc2)C2(O)CCCCC2)CC1. The van der Waals surface area contributed by atoms with Gasteiger partial charge < -0.3 is 10.0 Å². The molecular formula is C20H30BrNO. The lowest BCUT2D eigenvalue weighted by molar-refractivity contribution is -0.0329. The van der Waals surface area contributed by atoms with Crippen molar-refractivity contribution >= 4 is 15.9 Å². The number of piperidine rings is 1. The number of rotatable bonds is 4. The Bertz CT molecular complexity index is 487. The van der Waals surface area contributed by atoms with E-state index in [-0.39, 0.29) is 5.92 Å². The van der Waals surface area contributed by atoms with Gasteiger partial charge in [0.1, 0.15) is 0 Å². The van der Waals surface area contributed by atoms with E-state index < -0.39 is 5.60 Å². The zero-order valence-corrected chi connectivity index (χ0v) is 15.9. The quantitative estimate of drug-likeness (QED) is 0.798. The van der Waals surface area contributed by atoms with Crippen LogP contribution >= 0.6 is 15.9 Å². The minimum atomic E-state index is -0.519. The first-order chi connectivity index (χ1) is 11.1. The molecule has 0 amide bonds. The summed E-state index contributed by atoms with van der Waals surface area (Å²) >= 11 is 3.54. The van der Waals surface area contributed by atoms with Gasteiger partial charge in [0.2, 0.25) is 0 Å². The highest BCUT2D eigenvalue weighted by atomic mass is 79.9. The fourth-order valence-corrected chi connectivity index (χ4v) is 4.56. The summed E-state index contributed by atoms with van der Waals surface area (Å²) in [6.07, 6.45) is 8.12. The second kappa shape index (κ2) is 7.67. The van der Waals surface area contributed by atoms with Gasteiger partial charge in [-0.25, -0.2) is 0 Å². The Morgan fingerprint density at radius 1 is 1.13 bits per heavy atom. The van der Waals surface area contributed by atoms with Crippen LogP contribution in [-0.4, -0.2) is 35.2 Å². The maximum atomic E-state index is 11.4. The zero-order chi connectivity index (χ0) is 16.3. The highest BCUT2D eigenvalue weighted by Gasteiger charge is 2.39. The Balaban J connectivity index is 1.79. The molecule has 2 fully saturated rings. The molecule has 1 heterocycles. The first kappa shape index (κ1) is 17.4. The lowest BCUT2D eigenvalue weighted by Crippen LogP contribution is -2.46. The van der Waals surface area contributed by atoms with E-state index in [0.717, 1.165) is 29.8 Å². The lowest BCUT2D eigenvalue weighted by Gasteiger charge is -2.43. The molecule has 0 aromatic heterocycles. The number of likely N-dealkylation sites (tertiary alicyclic amines) is 1. The molecule has 1 atom stereocenters. The lowest BCUT2D eigenvalue weighted by atomic mass is 9.72. The van der Waals surface area contributed by atoms with Gasteiger partial charge in [-0.2, -0.15) is 0 Å². The van der Waals surface area contributed by atoms with Gasteiger partial charge in [-0.05, 0) is 62.4 Å². The Morgan fingerprint density at radius 3 is 2.35 bits per heavy atom. The van der Waals surface area contributed by atoms with Crippen LogP contribution in [0, 0.1) is 5.92 Å². The molecule has 1 saturated carbocycles. The van der Waals surface area contributed by atoms with Crippen LogP contribution in [0.3, 0.4) is 0 Å². The number of hydrogen-bond donors (Lipinski definition) is 1. The van der Waals surface area contributed by atoms with Crippen LogP contribution in [0.4, 0.5) is 0 Å². The molecule has 1 unspecified atom stereocenters. The van der Waals surface area contributed by atoms with E-state index in [9.17, 15) is 5.11 Å². The van der Waals surface area contributed by atoms with Crippen LogP contribution in [0.2, 0.25) is 0 Å². The third-order valence-electron chi connectivity index (χ3n) is 5.96. The molecule has 1 aromatic rings. The summed E-state index contributed by atoms with van der Waals surface area (Å²) in [5, 5.41) is 11.4. The summed E-state index contributed by atoms with van der Waals surface area (Å²) in [5.74, 6) is 1.10. The molecule has 2 aliphatic rings. The molecule has 3 heteroatoms. The zero-order valence-electron chi connectivity index (χ0n) is 14.3. The predicted octanol–water partition coefficient (Wildman–Crippen LogP) is 4.96. The molecule has 1 N–H and O–H groups in total. The highest BCUT2D eigenvalue weighted by molar-refractivity contribution is 9.10. The fourth-order valence-electron chi connectivity index (χ4n) is 4.30. The highest BCUT2D eigenvalue weighted by Crippen LogP contribution is 2.41. The number of halogens is 1. The van der Waals surface area contributed by atoms with Gasteiger partial charge in [-0.1, -0.05) is 54.2 Å². The van der Waals surface area contributed by atoms with E-state index in [2.05, 4.69) is 52.0 Å². The molecule has 23 heavy (non-hydrogen) atoms. The average molecular weight is 380 g/mol. The second-order valence-corrected chi connectivity index (χ2v) is 8.67. The van der Waals surface area contributed by atoms with E-state index in [1.54, 1.807) is 0 Å². The molecule has 0 spiro atoms. The number of nitrogens with zero attached hydrogens (tertiary/aromatic N) is 1.